The molecule has 11 atom stereocenters. The van der Waals surface area contributed by atoms with Gasteiger partial charge in [-0.3, -0.25) is 9.59 Å². The van der Waals surface area contributed by atoms with E-state index in [9.17, 15) is 9.59 Å². The summed E-state index contributed by atoms with van der Waals surface area (Å²) < 4.78 is 13.0. The van der Waals surface area contributed by atoms with E-state index in [1.54, 1.807) is 12.5 Å². The zero-order chi connectivity index (χ0) is 27.0. The Morgan fingerprint density at radius 2 is 1.89 bits per heavy atom. The summed E-state index contributed by atoms with van der Waals surface area (Å²) in [5, 5.41) is 0. The maximum atomic E-state index is 12.8. The molecule has 0 radical (unpaired) electrons. The number of hydrogen-bond acceptors (Lipinski definition) is 4. The van der Waals surface area contributed by atoms with Crippen LogP contribution in [0.3, 0.4) is 0 Å². The quantitative estimate of drug-likeness (QED) is 0.297. The van der Waals surface area contributed by atoms with Gasteiger partial charge in [0.05, 0.1) is 6.10 Å². The molecule has 5 fully saturated rings. The molecule has 3 saturated carbocycles. The highest BCUT2D eigenvalue weighted by molar-refractivity contribution is 5.74. The average molecular weight is 526 g/mol. The van der Waals surface area contributed by atoms with Gasteiger partial charge in [-0.2, -0.15) is 0 Å². The van der Waals surface area contributed by atoms with E-state index in [0.29, 0.717) is 36.0 Å². The predicted molar refractivity (Wildman–Crippen MR) is 148 cm³/mol. The van der Waals surface area contributed by atoms with Crippen molar-refractivity contribution in [1.82, 2.24) is 4.90 Å². The second kappa shape index (κ2) is 9.35. The Balaban J connectivity index is 1.22. The van der Waals surface area contributed by atoms with Gasteiger partial charge in [0.15, 0.2) is 0 Å². The summed E-state index contributed by atoms with van der Waals surface area (Å²) in [5.41, 5.74) is 1.71. The zero-order valence-corrected chi connectivity index (χ0v) is 24.8. The van der Waals surface area contributed by atoms with E-state index in [0.717, 1.165) is 57.4 Å². The SMILES string of the molecule is CCCC(=O)O[C@H]1CC[C@@]2(C)C(=CC[C@H]3[C@@H]4C[C@@H]5O[C@]6(CC[C@H](C)CN6C(C)=O)[C@@H](C)[C@@H]5[C@@]4(C)CC[C@@H]32)C1. The lowest BCUT2D eigenvalue weighted by atomic mass is 9.46. The summed E-state index contributed by atoms with van der Waals surface area (Å²) in [6, 6.07) is 0. The van der Waals surface area contributed by atoms with Gasteiger partial charge in [0.2, 0.25) is 5.91 Å². The molecule has 0 bridgehead atoms. The van der Waals surface area contributed by atoms with E-state index >= 15 is 0 Å². The highest BCUT2D eigenvalue weighted by Gasteiger charge is 2.69. The second-order valence-corrected chi connectivity index (χ2v) is 14.7. The Kier molecular flexibility index (Phi) is 6.60. The van der Waals surface area contributed by atoms with Gasteiger partial charge in [-0.1, -0.05) is 46.3 Å². The number of likely N-dealkylation sites (tertiary alicyclic amines) is 1. The van der Waals surface area contributed by atoms with E-state index < -0.39 is 5.72 Å². The molecule has 2 saturated heterocycles. The normalized spacial score (nSPS) is 49.5. The van der Waals surface area contributed by atoms with E-state index in [1.807, 2.05) is 6.92 Å². The summed E-state index contributed by atoms with van der Waals surface area (Å²) in [6.07, 6.45) is 14.4. The number of hydrogen-bond donors (Lipinski definition) is 0. The van der Waals surface area contributed by atoms with Crippen molar-refractivity contribution in [3.05, 3.63) is 11.6 Å². The van der Waals surface area contributed by atoms with Crippen LogP contribution in [0.2, 0.25) is 0 Å². The molecule has 6 aliphatic rings. The molecule has 1 spiro atoms. The number of fused-ring (bicyclic) bond motifs is 7. The number of esters is 1. The van der Waals surface area contributed by atoms with Crippen molar-refractivity contribution in [3.63, 3.8) is 0 Å². The minimum Gasteiger partial charge on any atom is -0.462 e. The average Bonchev–Trinajstić information content (AvgIpc) is 3.31. The van der Waals surface area contributed by atoms with Crippen LogP contribution in [0.15, 0.2) is 11.6 Å². The number of carbonyl (C=O) groups excluding carboxylic acids is 2. The highest BCUT2D eigenvalue weighted by Crippen LogP contribution is 2.70. The Labute approximate surface area is 230 Å². The van der Waals surface area contributed by atoms with Gasteiger partial charge in [0.1, 0.15) is 11.8 Å². The van der Waals surface area contributed by atoms with Crippen molar-refractivity contribution in [2.45, 2.75) is 130 Å². The van der Waals surface area contributed by atoms with Crippen molar-refractivity contribution in [3.8, 4) is 0 Å². The molecule has 0 aromatic carbocycles. The standard InChI is InChI=1S/C33H51NO4/c1-7-8-29(36)37-24-12-14-31(5)23(17-24)9-10-25-26(31)13-15-32(6)27(25)18-28-30(32)21(3)33(38-28)16-11-20(2)19-34(33)22(4)35/h9,20-21,24-28,30H,7-8,10-19H2,1-6H3/t20-,21-,24-,25+,26-,27-,28-,30-,31-,32-,33+/m0/s1. The van der Waals surface area contributed by atoms with Crippen molar-refractivity contribution < 1.29 is 19.1 Å². The van der Waals surface area contributed by atoms with Crippen molar-refractivity contribution in [2.75, 3.05) is 6.54 Å². The summed E-state index contributed by atoms with van der Waals surface area (Å²) in [7, 11) is 0. The fraction of sp³-hybridized carbons (Fsp3) is 0.879. The van der Waals surface area contributed by atoms with E-state index in [-0.39, 0.29) is 34.9 Å². The molecule has 0 aromatic heterocycles. The van der Waals surface area contributed by atoms with Crippen LogP contribution in [0.25, 0.3) is 0 Å². The summed E-state index contributed by atoms with van der Waals surface area (Å²) in [5.74, 6) is 3.76. The summed E-state index contributed by atoms with van der Waals surface area (Å²) in [4.78, 5) is 27.1. The third-order valence-electron chi connectivity index (χ3n) is 12.8. The molecular weight excluding hydrogens is 474 g/mol. The van der Waals surface area contributed by atoms with Crippen molar-refractivity contribution in [1.29, 1.82) is 0 Å². The first-order chi connectivity index (χ1) is 18.0. The van der Waals surface area contributed by atoms with Crippen LogP contribution < -0.4 is 0 Å². The minimum atomic E-state index is -0.391. The molecule has 2 aliphatic heterocycles. The van der Waals surface area contributed by atoms with Crippen molar-refractivity contribution >= 4 is 11.9 Å². The monoisotopic (exact) mass is 525 g/mol. The van der Waals surface area contributed by atoms with Crippen LogP contribution in [0.1, 0.15) is 112 Å². The molecule has 5 heteroatoms. The Morgan fingerprint density at radius 3 is 2.63 bits per heavy atom. The van der Waals surface area contributed by atoms with E-state index in [1.165, 1.54) is 19.3 Å². The number of carbonyl (C=O) groups is 2. The maximum Gasteiger partial charge on any atom is 0.306 e. The Bertz CT molecular complexity index is 1010. The number of amides is 1. The third-order valence-corrected chi connectivity index (χ3v) is 12.8. The number of piperidine rings is 1. The molecule has 6 rings (SSSR count). The molecule has 2 heterocycles. The molecular formula is C33H51NO4. The van der Waals surface area contributed by atoms with Gasteiger partial charge in [-0.05, 0) is 98.2 Å². The number of allylic oxidation sites excluding steroid dienone is 1. The molecule has 212 valence electrons. The lowest BCUT2D eigenvalue weighted by molar-refractivity contribution is -0.200. The van der Waals surface area contributed by atoms with Crippen LogP contribution in [-0.2, 0) is 19.1 Å². The minimum absolute atomic E-state index is 0.0241. The number of ether oxygens (including phenoxy) is 2. The zero-order valence-electron chi connectivity index (χ0n) is 24.8. The fourth-order valence-electron chi connectivity index (χ4n) is 11.0. The van der Waals surface area contributed by atoms with Gasteiger partial charge >= 0.3 is 5.97 Å². The number of nitrogens with zero attached hydrogens (tertiary/aromatic N) is 1. The molecule has 0 N–H and O–H groups in total. The first-order valence-electron chi connectivity index (χ1n) is 15.9. The smallest absolute Gasteiger partial charge is 0.306 e. The van der Waals surface area contributed by atoms with Crippen LogP contribution in [-0.4, -0.2) is 41.3 Å². The number of rotatable bonds is 3. The topological polar surface area (TPSA) is 55.8 Å². The van der Waals surface area contributed by atoms with Crippen LogP contribution in [0, 0.1) is 46.3 Å². The van der Waals surface area contributed by atoms with Gasteiger partial charge in [0.25, 0.3) is 0 Å². The molecule has 0 aromatic rings. The van der Waals surface area contributed by atoms with Crippen LogP contribution in [0.5, 0.6) is 0 Å². The lowest BCUT2D eigenvalue weighted by Gasteiger charge is -2.59. The molecule has 5 nitrogen and oxygen atoms in total. The largest absolute Gasteiger partial charge is 0.462 e. The lowest BCUT2D eigenvalue weighted by Crippen LogP contribution is -2.60. The van der Waals surface area contributed by atoms with Crippen molar-refractivity contribution in [2.24, 2.45) is 46.3 Å². The molecule has 4 aliphatic carbocycles. The molecule has 0 unspecified atom stereocenters. The molecule has 38 heavy (non-hydrogen) atoms. The van der Waals surface area contributed by atoms with Gasteiger partial charge in [-0.25, -0.2) is 0 Å². The predicted octanol–water partition coefficient (Wildman–Crippen LogP) is 6.90. The first-order valence-corrected chi connectivity index (χ1v) is 15.9. The highest BCUT2D eigenvalue weighted by atomic mass is 16.5. The van der Waals surface area contributed by atoms with Gasteiger partial charge in [0, 0.05) is 32.2 Å². The maximum absolute atomic E-state index is 12.8. The molecule has 1 amide bonds. The fourth-order valence-corrected chi connectivity index (χ4v) is 11.0. The van der Waals surface area contributed by atoms with Crippen LogP contribution >= 0.6 is 0 Å². The second-order valence-electron chi connectivity index (χ2n) is 14.7. The van der Waals surface area contributed by atoms with Gasteiger partial charge in [-0.15, -0.1) is 0 Å². The Morgan fingerprint density at radius 1 is 1.11 bits per heavy atom. The van der Waals surface area contributed by atoms with Crippen LogP contribution in [0.4, 0.5) is 0 Å². The Hall–Kier alpha value is -1.36. The van der Waals surface area contributed by atoms with E-state index in [2.05, 4.69) is 38.7 Å². The summed E-state index contributed by atoms with van der Waals surface area (Å²) >= 11 is 0. The van der Waals surface area contributed by atoms with Gasteiger partial charge < -0.3 is 14.4 Å². The van der Waals surface area contributed by atoms with E-state index in [4.69, 9.17) is 9.47 Å². The third kappa shape index (κ3) is 3.79. The first kappa shape index (κ1) is 26.8. The summed E-state index contributed by atoms with van der Waals surface area (Å²) in [6.45, 7) is 14.4.